The maximum absolute atomic E-state index is 12.5. The molecular formula is C10H11FN2O2. The number of urea groups is 1. The van der Waals surface area contributed by atoms with Crippen LogP contribution in [0.1, 0.15) is 6.92 Å². The normalized spacial score (nSPS) is 9.47. The number of hydrogen-bond acceptors (Lipinski definition) is 2. The van der Waals surface area contributed by atoms with E-state index in [0.717, 1.165) is 0 Å². The molecule has 0 fully saturated rings. The van der Waals surface area contributed by atoms with E-state index in [1.54, 1.807) is 0 Å². The second-order valence-corrected chi connectivity index (χ2v) is 3.02. The van der Waals surface area contributed by atoms with E-state index in [1.807, 2.05) is 0 Å². The number of Topliss-reactive ketones (excluding diaryl/α,β-unsaturated/α-hetero) is 1. The fraction of sp³-hybridized carbons (Fsp3) is 0.200. The molecule has 0 atom stereocenters. The first-order chi connectivity index (χ1) is 7.08. The zero-order valence-corrected chi connectivity index (χ0v) is 8.21. The van der Waals surface area contributed by atoms with Crippen LogP contribution in [0.5, 0.6) is 0 Å². The molecule has 0 bridgehead atoms. The zero-order chi connectivity index (χ0) is 11.3. The third kappa shape index (κ3) is 4.21. The molecule has 0 spiro atoms. The third-order valence-electron chi connectivity index (χ3n) is 1.60. The SMILES string of the molecule is CC(=O)CNC(=O)Nc1ccc(F)cc1. The van der Waals surface area contributed by atoms with Gasteiger partial charge in [-0.05, 0) is 31.2 Å². The maximum atomic E-state index is 12.5. The van der Waals surface area contributed by atoms with E-state index in [2.05, 4.69) is 10.6 Å². The summed E-state index contributed by atoms with van der Waals surface area (Å²) in [6.45, 7) is 1.35. The van der Waals surface area contributed by atoms with Gasteiger partial charge < -0.3 is 10.6 Å². The van der Waals surface area contributed by atoms with Gasteiger partial charge in [0.05, 0.1) is 6.54 Å². The minimum Gasteiger partial charge on any atom is -0.331 e. The van der Waals surface area contributed by atoms with Crippen molar-refractivity contribution in [3.8, 4) is 0 Å². The third-order valence-corrected chi connectivity index (χ3v) is 1.60. The predicted molar refractivity (Wildman–Crippen MR) is 54.1 cm³/mol. The first kappa shape index (κ1) is 11.2. The average molecular weight is 210 g/mol. The number of nitrogens with one attached hydrogen (secondary N) is 2. The van der Waals surface area contributed by atoms with Crippen LogP contribution >= 0.6 is 0 Å². The monoisotopic (exact) mass is 210 g/mol. The number of benzene rings is 1. The number of rotatable bonds is 3. The van der Waals surface area contributed by atoms with E-state index in [1.165, 1.54) is 31.2 Å². The van der Waals surface area contributed by atoms with Gasteiger partial charge in [-0.1, -0.05) is 0 Å². The van der Waals surface area contributed by atoms with E-state index in [4.69, 9.17) is 0 Å². The van der Waals surface area contributed by atoms with Crippen LogP contribution in [0.4, 0.5) is 14.9 Å². The fourth-order valence-electron chi connectivity index (χ4n) is 0.913. The van der Waals surface area contributed by atoms with E-state index >= 15 is 0 Å². The summed E-state index contributed by atoms with van der Waals surface area (Å²) in [5.41, 5.74) is 0.470. The van der Waals surface area contributed by atoms with Crippen molar-refractivity contribution in [2.75, 3.05) is 11.9 Å². The number of halogens is 1. The van der Waals surface area contributed by atoms with Crippen molar-refractivity contribution < 1.29 is 14.0 Å². The molecule has 0 saturated carbocycles. The second kappa shape index (κ2) is 5.09. The fourth-order valence-corrected chi connectivity index (χ4v) is 0.913. The molecule has 0 saturated heterocycles. The molecule has 1 aromatic rings. The molecule has 4 nitrogen and oxygen atoms in total. The summed E-state index contributed by atoms with van der Waals surface area (Å²) in [7, 11) is 0. The van der Waals surface area contributed by atoms with Crippen molar-refractivity contribution in [1.82, 2.24) is 5.32 Å². The lowest BCUT2D eigenvalue weighted by Crippen LogP contribution is -2.32. The Morgan fingerprint density at radius 2 is 1.87 bits per heavy atom. The number of carbonyl (C=O) groups is 2. The summed E-state index contributed by atoms with van der Waals surface area (Å²) < 4.78 is 12.5. The van der Waals surface area contributed by atoms with Crippen molar-refractivity contribution in [3.63, 3.8) is 0 Å². The Balaban J connectivity index is 2.44. The second-order valence-electron chi connectivity index (χ2n) is 3.02. The Kier molecular flexibility index (Phi) is 3.79. The summed E-state index contributed by atoms with van der Waals surface area (Å²) in [6, 6.07) is 4.85. The summed E-state index contributed by atoms with van der Waals surface area (Å²) in [6.07, 6.45) is 0. The highest BCUT2D eigenvalue weighted by molar-refractivity contribution is 5.92. The van der Waals surface area contributed by atoms with Crippen molar-refractivity contribution >= 4 is 17.5 Å². The van der Waals surface area contributed by atoms with Gasteiger partial charge in [0.2, 0.25) is 0 Å². The van der Waals surface area contributed by atoms with Crippen LogP contribution in [0.3, 0.4) is 0 Å². The Hall–Kier alpha value is -1.91. The number of ketones is 1. The van der Waals surface area contributed by atoms with Crippen LogP contribution < -0.4 is 10.6 Å². The molecule has 1 aromatic carbocycles. The van der Waals surface area contributed by atoms with E-state index in [-0.39, 0.29) is 18.1 Å². The highest BCUT2D eigenvalue weighted by Gasteiger charge is 2.01. The number of amides is 2. The molecule has 2 amide bonds. The largest absolute Gasteiger partial charge is 0.331 e. The molecule has 5 heteroatoms. The number of hydrogen-bond donors (Lipinski definition) is 2. The first-order valence-corrected chi connectivity index (χ1v) is 4.38. The lowest BCUT2D eigenvalue weighted by Gasteiger charge is -2.05. The van der Waals surface area contributed by atoms with Crippen molar-refractivity contribution in [2.24, 2.45) is 0 Å². The molecule has 0 aromatic heterocycles. The molecule has 0 aliphatic heterocycles. The van der Waals surface area contributed by atoms with Gasteiger partial charge in [-0.15, -0.1) is 0 Å². The Labute approximate surface area is 86.5 Å². The van der Waals surface area contributed by atoms with Gasteiger partial charge in [0, 0.05) is 5.69 Å². The molecule has 80 valence electrons. The molecule has 0 aliphatic rings. The first-order valence-electron chi connectivity index (χ1n) is 4.38. The summed E-state index contributed by atoms with van der Waals surface area (Å²) in [4.78, 5) is 21.7. The summed E-state index contributed by atoms with van der Waals surface area (Å²) in [5.74, 6) is -0.506. The zero-order valence-electron chi connectivity index (χ0n) is 8.21. The predicted octanol–water partition coefficient (Wildman–Crippen LogP) is 1.54. The molecule has 0 unspecified atom stereocenters. The standard InChI is InChI=1S/C10H11FN2O2/c1-7(14)6-12-10(15)13-9-4-2-8(11)3-5-9/h2-5H,6H2,1H3,(H2,12,13,15). The van der Waals surface area contributed by atoms with E-state index in [9.17, 15) is 14.0 Å². The smallest absolute Gasteiger partial charge is 0.319 e. The maximum Gasteiger partial charge on any atom is 0.319 e. The van der Waals surface area contributed by atoms with Gasteiger partial charge >= 0.3 is 6.03 Å². The minimum absolute atomic E-state index is 0.0208. The lowest BCUT2D eigenvalue weighted by molar-refractivity contribution is -0.116. The topological polar surface area (TPSA) is 58.2 Å². The van der Waals surface area contributed by atoms with Crippen LogP contribution in [-0.2, 0) is 4.79 Å². The van der Waals surface area contributed by atoms with Crippen LogP contribution in [0.25, 0.3) is 0 Å². The number of carbonyl (C=O) groups excluding carboxylic acids is 2. The molecule has 0 aliphatic carbocycles. The van der Waals surface area contributed by atoms with E-state index < -0.39 is 6.03 Å². The summed E-state index contributed by atoms with van der Waals surface area (Å²) in [5, 5.41) is 4.81. The van der Waals surface area contributed by atoms with Gasteiger partial charge in [-0.25, -0.2) is 9.18 Å². The quantitative estimate of drug-likeness (QED) is 0.794. The van der Waals surface area contributed by atoms with Crippen molar-refractivity contribution in [3.05, 3.63) is 30.1 Å². The molecule has 15 heavy (non-hydrogen) atoms. The number of anilines is 1. The molecular weight excluding hydrogens is 199 g/mol. The molecule has 0 heterocycles. The molecule has 2 N–H and O–H groups in total. The van der Waals surface area contributed by atoms with Crippen LogP contribution in [0.15, 0.2) is 24.3 Å². The Morgan fingerprint density at radius 1 is 1.27 bits per heavy atom. The van der Waals surface area contributed by atoms with Crippen molar-refractivity contribution in [2.45, 2.75) is 6.92 Å². The van der Waals surface area contributed by atoms with Gasteiger partial charge in [0.15, 0.2) is 0 Å². The van der Waals surface area contributed by atoms with Gasteiger partial charge in [0.1, 0.15) is 11.6 Å². The Bertz CT molecular complexity index is 362. The highest BCUT2D eigenvalue weighted by atomic mass is 19.1. The van der Waals surface area contributed by atoms with Crippen LogP contribution in [0.2, 0.25) is 0 Å². The highest BCUT2D eigenvalue weighted by Crippen LogP contribution is 2.07. The summed E-state index contributed by atoms with van der Waals surface area (Å²) >= 11 is 0. The molecule has 0 radical (unpaired) electrons. The minimum atomic E-state index is -0.489. The van der Waals surface area contributed by atoms with Crippen LogP contribution in [-0.4, -0.2) is 18.4 Å². The van der Waals surface area contributed by atoms with E-state index in [0.29, 0.717) is 5.69 Å². The molecule has 1 rings (SSSR count). The van der Waals surface area contributed by atoms with Gasteiger partial charge in [-0.2, -0.15) is 0 Å². The van der Waals surface area contributed by atoms with Gasteiger partial charge in [-0.3, -0.25) is 4.79 Å². The average Bonchev–Trinajstić information content (AvgIpc) is 2.19. The lowest BCUT2D eigenvalue weighted by atomic mass is 10.3. The van der Waals surface area contributed by atoms with Gasteiger partial charge in [0.25, 0.3) is 0 Å². The Morgan fingerprint density at radius 3 is 2.40 bits per heavy atom. The van der Waals surface area contributed by atoms with Crippen LogP contribution in [0, 0.1) is 5.82 Å². The van der Waals surface area contributed by atoms with Crippen molar-refractivity contribution in [1.29, 1.82) is 0 Å².